The molecule has 0 saturated heterocycles. The van der Waals surface area contributed by atoms with Crippen molar-refractivity contribution in [3.05, 3.63) is 108 Å². The van der Waals surface area contributed by atoms with Crippen LogP contribution in [0.3, 0.4) is 0 Å². The molecule has 0 heterocycles. The van der Waals surface area contributed by atoms with E-state index < -0.39 is 10.9 Å². The first kappa shape index (κ1) is 24.1. The zero-order valence-electron chi connectivity index (χ0n) is 19.3. The number of ether oxygens (including phenoxy) is 1. The molecule has 32 heavy (non-hydrogen) atoms. The van der Waals surface area contributed by atoms with E-state index in [4.69, 9.17) is 17.4 Å². The average Bonchev–Trinajstić information content (AvgIpc) is 2.79. The van der Waals surface area contributed by atoms with E-state index in [0.717, 1.165) is 5.56 Å². The van der Waals surface area contributed by atoms with Crippen LogP contribution in [0, 0.1) is 0 Å². The molecule has 0 saturated carbocycles. The molecule has 3 rings (SSSR count). The van der Waals surface area contributed by atoms with E-state index in [1.54, 1.807) is 0 Å². The smallest absolute Gasteiger partial charge is 0.321 e. The minimum atomic E-state index is -0.647. The van der Waals surface area contributed by atoms with Gasteiger partial charge in [0, 0.05) is 12.6 Å². The van der Waals surface area contributed by atoms with Crippen molar-refractivity contribution in [1.29, 1.82) is 0 Å². The number of thiol groups is 1. The Kier molecular flexibility index (Phi) is 8.16. The van der Waals surface area contributed by atoms with Gasteiger partial charge in [-0.2, -0.15) is 12.6 Å². The van der Waals surface area contributed by atoms with Crippen LogP contribution in [0.2, 0.25) is 0 Å². The zero-order chi connectivity index (χ0) is 23.1. The Hall–Kier alpha value is -2.56. The quantitative estimate of drug-likeness (QED) is 0.310. The molecule has 4 heteroatoms. The number of carbonyl (C=O) groups is 1. The molecule has 0 aliphatic rings. The Balaban J connectivity index is 2.06. The van der Waals surface area contributed by atoms with Crippen LogP contribution in [0.25, 0.3) is 0 Å². The number of benzene rings is 3. The van der Waals surface area contributed by atoms with Gasteiger partial charge in [-0.1, -0.05) is 91.0 Å². The van der Waals surface area contributed by atoms with Crippen LogP contribution in [0.4, 0.5) is 0 Å². The lowest BCUT2D eigenvalue weighted by molar-refractivity contribution is -0.155. The van der Waals surface area contributed by atoms with E-state index in [9.17, 15) is 4.79 Å². The van der Waals surface area contributed by atoms with Gasteiger partial charge in [0.2, 0.25) is 0 Å². The Morgan fingerprint density at radius 1 is 0.844 bits per heavy atom. The fourth-order valence-electron chi connectivity index (χ4n) is 3.89. The van der Waals surface area contributed by atoms with Crippen LogP contribution < -0.4 is 0 Å². The second-order valence-corrected chi connectivity index (χ2v) is 9.63. The summed E-state index contributed by atoms with van der Waals surface area (Å²) in [6.45, 7) is 8.52. The molecule has 0 bridgehead atoms. The summed E-state index contributed by atoms with van der Waals surface area (Å²) >= 11 is 4.84. The van der Waals surface area contributed by atoms with Crippen LogP contribution in [0.5, 0.6) is 0 Å². The third-order valence-electron chi connectivity index (χ3n) is 5.43. The van der Waals surface area contributed by atoms with Gasteiger partial charge >= 0.3 is 5.97 Å². The van der Waals surface area contributed by atoms with Crippen LogP contribution in [0.15, 0.2) is 91.0 Å². The fourth-order valence-corrected chi connectivity index (χ4v) is 4.29. The molecule has 0 N–H and O–H groups in total. The van der Waals surface area contributed by atoms with Crippen molar-refractivity contribution in [2.45, 2.75) is 57.2 Å². The number of hydrogen-bond donors (Lipinski definition) is 1. The maximum atomic E-state index is 13.2. The van der Waals surface area contributed by atoms with Gasteiger partial charge in [0.1, 0.15) is 10.9 Å². The number of hydrogen-bond acceptors (Lipinski definition) is 4. The average molecular weight is 448 g/mol. The minimum Gasteiger partial charge on any atom is -0.459 e. The van der Waals surface area contributed by atoms with Crippen LogP contribution in [0.1, 0.15) is 56.5 Å². The molecule has 0 unspecified atom stereocenters. The van der Waals surface area contributed by atoms with Crippen LogP contribution in [-0.2, 0) is 16.1 Å². The van der Waals surface area contributed by atoms with Crippen molar-refractivity contribution in [3.63, 3.8) is 0 Å². The van der Waals surface area contributed by atoms with E-state index in [-0.39, 0.29) is 18.1 Å². The molecule has 3 aromatic carbocycles. The highest BCUT2D eigenvalue weighted by molar-refractivity contribution is 7.81. The molecule has 0 radical (unpaired) electrons. The lowest BCUT2D eigenvalue weighted by atomic mass is 9.96. The maximum Gasteiger partial charge on any atom is 0.321 e. The van der Waals surface area contributed by atoms with E-state index in [2.05, 4.69) is 60.4 Å². The highest BCUT2D eigenvalue weighted by Crippen LogP contribution is 2.37. The van der Waals surface area contributed by atoms with Crippen LogP contribution in [-0.4, -0.2) is 21.7 Å². The Bertz CT molecular complexity index is 971. The second-order valence-electron chi connectivity index (χ2n) is 9.08. The van der Waals surface area contributed by atoms with E-state index >= 15 is 0 Å². The molecule has 168 valence electrons. The molecular formula is C28H33NO2S. The summed E-state index contributed by atoms with van der Waals surface area (Å²) in [5.74, 6) is -0.312. The molecule has 0 amide bonds. The van der Waals surface area contributed by atoms with E-state index in [1.807, 2.05) is 63.2 Å². The standard InChI is InChI=1S/C28H33NO2S/c1-21(23-16-10-6-11-17-23)29(20-22-14-8-5-9-15-22)25(24-18-12-7-13-19-24)26(32)27(30)31-28(2,3)4/h5-19,21,25-26,32H,20H2,1-4H3/t21-,25-,26+/m1/s1. The molecule has 0 aliphatic carbocycles. The van der Waals surface area contributed by atoms with Gasteiger partial charge in [-0.3, -0.25) is 9.69 Å². The summed E-state index contributed by atoms with van der Waals surface area (Å²) in [7, 11) is 0. The highest BCUT2D eigenvalue weighted by Gasteiger charge is 2.37. The second kappa shape index (κ2) is 10.8. The molecule has 0 aliphatic heterocycles. The Morgan fingerprint density at radius 2 is 1.31 bits per heavy atom. The SMILES string of the molecule is C[C@H](c1ccccc1)N(Cc1ccccc1)[C@H](c1ccccc1)[C@H](S)C(=O)OC(C)(C)C. The van der Waals surface area contributed by atoms with Crippen molar-refractivity contribution in [2.24, 2.45) is 0 Å². The lowest BCUT2D eigenvalue weighted by Gasteiger charge is -2.39. The summed E-state index contributed by atoms with van der Waals surface area (Å²) in [6, 6.07) is 30.6. The normalized spacial score (nSPS) is 14.6. The zero-order valence-corrected chi connectivity index (χ0v) is 20.2. The van der Waals surface area contributed by atoms with Crippen molar-refractivity contribution in [3.8, 4) is 0 Å². The summed E-state index contributed by atoms with van der Waals surface area (Å²) in [6.07, 6.45) is 0. The van der Waals surface area contributed by atoms with Gasteiger partial charge < -0.3 is 4.74 Å². The van der Waals surface area contributed by atoms with Crippen molar-refractivity contribution in [1.82, 2.24) is 4.90 Å². The molecule has 0 spiro atoms. The van der Waals surface area contributed by atoms with Gasteiger partial charge in [-0.05, 0) is 44.4 Å². The molecule has 3 atom stereocenters. The summed E-state index contributed by atoms with van der Waals surface area (Å²) in [5, 5.41) is -0.647. The van der Waals surface area contributed by atoms with E-state index in [1.165, 1.54) is 11.1 Å². The van der Waals surface area contributed by atoms with Gasteiger partial charge in [0.05, 0.1) is 6.04 Å². The van der Waals surface area contributed by atoms with Crippen molar-refractivity contribution >= 4 is 18.6 Å². The van der Waals surface area contributed by atoms with Crippen LogP contribution >= 0.6 is 12.6 Å². The first-order valence-electron chi connectivity index (χ1n) is 11.1. The van der Waals surface area contributed by atoms with Gasteiger partial charge in [0.15, 0.2) is 0 Å². The summed E-state index contributed by atoms with van der Waals surface area (Å²) in [4.78, 5) is 15.5. The number of carbonyl (C=O) groups excluding carboxylic acids is 1. The van der Waals surface area contributed by atoms with Crippen molar-refractivity contribution < 1.29 is 9.53 Å². The molecule has 0 fully saturated rings. The first-order chi connectivity index (χ1) is 15.3. The number of esters is 1. The number of nitrogens with zero attached hydrogens (tertiary/aromatic N) is 1. The predicted molar refractivity (Wildman–Crippen MR) is 135 cm³/mol. The summed E-state index contributed by atoms with van der Waals surface area (Å²) in [5.41, 5.74) is 2.83. The van der Waals surface area contributed by atoms with E-state index in [0.29, 0.717) is 6.54 Å². The third-order valence-corrected chi connectivity index (χ3v) is 5.93. The first-order valence-corrected chi connectivity index (χ1v) is 11.6. The topological polar surface area (TPSA) is 29.5 Å². The fraction of sp³-hybridized carbons (Fsp3) is 0.321. The predicted octanol–water partition coefficient (Wildman–Crippen LogP) is 6.63. The molecule has 0 aromatic heterocycles. The minimum absolute atomic E-state index is 0.0544. The third kappa shape index (κ3) is 6.47. The van der Waals surface area contributed by atoms with Gasteiger partial charge in [0.25, 0.3) is 0 Å². The van der Waals surface area contributed by atoms with Gasteiger partial charge in [-0.15, -0.1) is 0 Å². The van der Waals surface area contributed by atoms with Gasteiger partial charge in [-0.25, -0.2) is 0 Å². The molecule has 3 nitrogen and oxygen atoms in total. The molecular weight excluding hydrogens is 414 g/mol. The number of rotatable bonds is 8. The largest absolute Gasteiger partial charge is 0.459 e. The highest BCUT2D eigenvalue weighted by atomic mass is 32.1. The monoisotopic (exact) mass is 447 g/mol. The maximum absolute atomic E-state index is 13.2. The summed E-state index contributed by atoms with van der Waals surface area (Å²) < 4.78 is 5.75. The Labute approximate surface area is 197 Å². The van der Waals surface area contributed by atoms with Crippen molar-refractivity contribution in [2.75, 3.05) is 0 Å². The Morgan fingerprint density at radius 3 is 1.81 bits per heavy atom. The molecule has 3 aromatic rings. The lowest BCUT2D eigenvalue weighted by Crippen LogP contribution is -2.41.